The summed E-state index contributed by atoms with van der Waals surface area (Å²) in [5.41, 5.74) is 5.01. The van der Waals surface area contributed by atoms with E-state index in [1.165, 1.54) is 0 Å². The van der Waals surface area contributed by atoms with Crippen LogP contribution in [0.3, 0.4) is 0 Å². The van der Waals surface area contributed by atoms with E-state index in [4.69, 9.17) is 9.63 Å². The van der Waals surface area contributed by atoms with Crippen LogP contribution in [-0.2, 0) is 11.3 Å². The van der Waals surface area contributed by atoms with Gasteiger partial charge in [0.05, 0.1) is 11.3 Å². The van der Waals surface area contributed by atoms with Crippen molar-refractivity contribution in [3.63, 3.8) is 0 Å². The van der Waals surface area contributed by atoms with Gasteiger partial charge in [-0.25, -0.2) is 9.78 Å². The number of nitrogens with zero attached hydrogens (tertiary/aromatic N) is 3. The molecule has 0 aliphatic rings. The summed E-state index contributed by atoms with van der Waals surface area (Å²) in [6.45, 7) is 4.34. The van der Waals surface area contributed by atoms with E-state index in [1.807, 2.05) is 61.0 Å². The molecule has 0 unspecified atom stereocenters. The Morgan fingerprint density at radius 2 is 2.04 bits per heavy atom. The molecule has 3 heterocycles. The van der Waals surface area contributed by atoms with Gasteiger partial charge < -0.3 is 14.2 Å². The Kier molecular flexibility index (Phi) is 4.42. The molecule has 6 heteroatoms. The highest BCUT2D eigenvalue weighted by Crippen LogP contribution is 2.30. The number of aromatic nitrogens is 3. The number of pyridine rings is 1. The molecule has 0 saturated heterocycles. The highest BCUT2D eigenvalue weighted by atomic mass is 16.5. The molecule has 138 valence electrons. The van der Waals surface area contributed by atoms with Crippen LogP contribution < -0.4 is 0 Å². The number of carboxylic acid groups (broad SMARTS) is 1. The molecule has 0 aliphatic carbocycles. The van der Waals surface area contributed by atoms with E-state index in [1.54, 1.807) is 6.20 Å². The fourth-order valence-electron chi connectivity index (χ4n) is 3.32. The second-order valence-electron chi connectivity index (χ2n) is 6.51. The third-order valence-corrected chi connectivity index (χ3v) is 4.54. The molecular weight excluding hydrogens is 354 g/mol. The summed E-state index contributed by atoms with van der Waals surface area (Å²) in [4.78, 5) is 15.6. The van der Waals surface area contributed by atoms with E-state index < -0.39 is 5.97 Å². The number of benzene rings is 1. The van der Waals surface area contributed by atoms with Crippen LogP contribution in [0.1, 0.15) is 22.6 Å². The van der Waals surface area contributed by atoms with Crippen LogP contribution in [0.4, 0.5) is 0 Å². The van der Waals surface area contributed by atoms with E-state index in [0.717, 1.165) is 33.4 Å². The minimum Gasteiger partial charge on any atom is -0.472 e. The fourth-order valence-corrected chi connectivity index (χ4v) is 3.32. The van der Waals surface area contributed by atoms with E-state index in [-0.39, 0.29) is 0 Å². The molecule has 6 nitrogen and oxygen atoms in total. The van der Waals surface area contributed by atoms with Crippen LogP contribution in [0.5, 0.6) is 0 Å². The van der Waals surface area contributed by atoms with Gasteiger partial charge >= 0.3 is 5.97 Å². The van der Waals surface area contributed by atoms with Gasteiger partial charge in [-0.1, -0.05) is 41.4 Å². The van der Waals surface area contributed by atoms with Crippen molar-refractivity contribution in [2.75, 3.05) is 0 Å². The molecule has 28 heavy (non-hydrogen) atoms. The van der Waals surface area contributed by atoms with Gasteiger partial charge in [0, 0.05) is 41.4 Å². The normalized spacial score (nSPS) is 10.6. The largest absolute Gasteiger partial charge is 0.472 e. The topological polar surface area (TPSA) is 81.2 Å². The smallest absolute Gasteiger partial charge is 0.382 e. The van der Waals surface area contributed by atoms with Crippen molar-refractivity contribution in [1.82, 2.24) is 14.7 Å². The number of aryl methyl sites for hydroxylation is 2. The van der Waals surface area contributed by atoms with Crippen LogP contribution in [0.25, 0.3) is 22.2 Å². The molecule has 1 N–H and O–H groups in total. The van der Waals surface area contributed by atoms with Crippen molar-refractivity contribution in [1.29, 1.82) is 0 Å². The summed E-state index contributed by atoms with van der Waals surface area (Å²) in [6, 6.07) is 12.0. The Balaban J connectivity index is 1.88. The first kappa shape index (κ1) is 17.6. The summed E-state index contributed by atoms with van der Waals surface area (Å²) >= 11 is 0. The van der Waals surface area contributed by atoms with Gasteiger partial charge in [-0.2, -0.15) is 0 Å². The molecule has 0 bridgehead atoms. The van der Waals surface area contributed by atoms with E-state index in [2.05, 4.69) is 22.0 Å². The second kappa shape index (κ2) is 7.05. The maximum absolute atomic E-state index is 10.9. The third kappa shape index (κ3) is 3.26. The van der Waals surface area contributed by atoms with Crippen LogP contribution >= 0.6 is 0 Å². The minimum absolute atomic E-state index is 0.615. The van der Waals surface area contributed by atoms with Crippen LogP contribution in [0.2, 0.25) is 0 Å². The first-order chi connectivity index (χ1) is 13.5. The van der Waals surface area contributed by atoms with Crippen molar-refractivity contribution in [3.05, 3.63) is 71.4 Å². The number of carboxylic acids is 1. The lowest BCUT2D eigenvalue weighted by atomic mass is 10.0. The first-order valence-corrected chi connectivity index (χ1v) is 8.74. The number of carbonyl (C=O) groups is 1. The average Bonchev–Trinajstić information content (AvgIpc) is 3.20. The van der Waals surface area contributed by atoms with Gasteiger partial charge in [0.1, 0.15) is 11.4 Å². The van der Waals surface area contributed by atoms with Crippen LogP contribution in [0, 0.1) is 25.7 Å². The molecular formula is C22H17N3O3. The van der Waals surface area contributed by atoms with Gasteiger partial charge in [0.2, 0.25) is 0 Å². The average molecular weight is 371 g/mol. The van der Waals surface area contributed by atoms with E-state index in [9.17, 15) is 4.79 Å². The molecule has 0 spiro atoms. The number of hydrogen-bond donors (Lipinski definition) is 1. The van der Waals surface area contributed by atoms with Gasteiger partial charge in [0.25, 0.3) is 0 Å². The summed E-state index contributed by atoms with van der Waals surface area (Å²) in [6.07, 6.45) is 3.63. The Morgan fingerprint density at radius 3 is 2.71 bits per heavy atom. The first-order valence-electron chi connectivity index (χ1n) is 8.74. The summed E-state index contributed by atoms with van der Waals surface area (Å²) in [5.74, 6) is 4.49. The van der Waals surface area contributed by atoms with Crippen molar-refractivity contribution in [2.24, 2.45) is 0 Å². The molecule has 0 radical (unpaired) electrons. The molecule has 4 aromatic rings. The van der Waals surface area contributed by atoms with Crippen molar-refractivity contribution < 1.29 is 14.4 Å². The summed E-state index contributed by atoms with van der Waals surface area (Å²) < 4.78 is 7.25. The molecule has 0 amide bonds. The van der Waals surface area contributed by atoms with Gasteiger partial charge in [-0.15, -0.1) is 0 Å². The highest BCUT2D eigenvalue weighted by molar-refractivity contribution is 5.92. The predicted molar refractivity (Wildman–Crippen MR) is 105 cm³/mol. The lowest BCUT2D eigenvalue weighted by Crippen LogP contribution is -1.99. The molecule has 0 saturated carbocycles. The number of hydrogen-bond acceptors (Lipinski definition) is 4. The lowest BCUT2D eigenvalue weighted by molar-refractivity contribution is -0.130. The van der Waals surface area contributed by atoms with Gasteiger partial charge in [-0.05, 0) is 25.5 Å². The zero-order chi connectivity index (χ0) is 19.7. The predicted octanol–water partition coefficient (Wildman–Crippen LogP) is 3.79. The van der Waals surface area contributed by atoms with Gasteiger partial charge in [-0.3, -0.25) is 0 Å². The molecule has 3 aromatic heterocycles. The standard InChI is InChI=1S/C22H17N3O3/c1-14-21(15(2)28-24-14)18-10-19-17(8-9-20(26)27)13-25(22(19)23-11-18)12-16-6-4-3-5-7-16/h3-7,10-11,13H,12H2,1-2H3,(H,26,27). The molecule has 1 aromatic carbocycles. The Morgan fingerprint density at radius 1 is 1.25 bits per heavy atom. The van der Waals surface area contributed by atoms with Crippen molar-refractivity contribution in [2.45, 2.75) is 20.4 Å². The minimum atomic E-state index is -1.17. The van der Waals surface area contributed by atoms with E-state index >= 15 is 0 Å². The van der Waals surface area contributed by atoms with E-state index in [0.29, 0.717) is 17.9 Å². The van der Waals surface area contributed by atoms with Crippen LogP contribution in [-0.4, -0.2) is 25.8 Å². The number of aliphatic carboxylic acids is 1. The van der Waals surface area contributed by atoms with Crippen LogP contribution in [0.15, 0.2) is 53.3 Å². The summed E-state index contributed by atoms with van der Waals surface area (Å²) in [5, 5.41) is 13.7. The SMILES string of the molecule is Cc1noc(C)c1-c1cnc2c(c1)c(C#CC(=O)O)cn2Cc1ccccc1. The quantitative estimate of drug-likeness (QED) is 0.554. The summed E-state index contributed by atoms with van der Waals surface area (Å²) in [7, 11) is 0. The third-order valence-electron chi connectivity index (χ3n) is 4.54. The number of rotatable bonds is 3. The zero-order valence-corrected chi connectivity index (χ0v) is 15.4. The lowest BCUT2D eigenvalue weighted by Gasteiger charge is -2.06. The molecule has 4 rings (SSSR count). The molecule has 0 aliphatic heterocycles. The molecule has 0 fully saturated rings. The number of fused-ring (bicyclic) bond motifs is 1. The fraction of sp³-hybridized carbons (Fsp3) is 0.136. The Bertz CT molecular complexity index is 1220. The Labute approximate surface area is 161 Å². The van der Waals surface area contributed by atoms with Crippen molar-refractivity contribution >= 4 is 17.0 Å². The maximum Gasteiger partial charge on any atom is 0.382 e. The monoisotopic (exact) mass is 371 g/mol. The highest BCUT2D eigenvalue weighted by Gasteiger charge is 2.15. The molecule has 0 atom stereocenters. The second-order valence-corrected chi connectivity index (χ2v) is 6.51. The van der Waals surface area contributed by atoms with Crippen molar-refractivity contribution in [3.8, 4) is 23.0 Å². The Hall–Kier alpha value is -3.85. The van der Waals surface area contributed by atoms with Gasteiger partial charge in [0.15, 0.2) is 0 Å². The zero-order valence-electron chi connectivity index (χ0n) is 15.4. The maximum atomic E-state index is 10.9.